The minimum Gasteiger partial charge on any atom is -0.327 e. The number of nitrogens with one attached hydrogen (secondary N) is 1. The fourth-order valence-electron chi connectivity index (χ4n) is 1.40. The van der Waals surface area contributed by atoms with Crippen LogP contribution in [0.25, 0.3) is 10.8 Å². The minimum atomic E-state index is -4.44. The predicted octanol–water partition coefficient (Wildman–Crippen LogP) is 3.31. The van der Waals surface area contributed by atoms with Gasteiger partial charge in [-0.2, -0.15) is 13.2 Å². The third-order valence-corrected chi connectivity index (χ3v) is 2.83. The molecule has 0 atom stereocenters. The van der Waals surface area contributed by atoms with Crippen LogP contribution in [0.4, 0.5) is 13.2 Å². The molecule has 1 aromatic heterocycles. The van der Waals surface area contributed by atoms with Crippen LogP contribution >= 0.6 is 15.9 Å². The molecule has 0 fully saturated rings. The molecule has 0 radical (unpaired) electrons. The fraction of sp³-hybridized carbons (Fsp3) is 0.100. The maximum absolute atomic E-state index is 12.4. The van der Waals surface area contributed by atoms with Crippen LogP contribution in [0.15, 0.2) is 33.7 Å². The summed E-state index contributed by atoms with van der Waals surface area (Å²) in [7, 11) is 0. The first-order valence-electron chi connectivity index (χ1n) is 4.28. The number of hydrogen-bond acceptors (Lipinski definition) is 1. The summed E-state index contributed by atoms with van der Waals surface area (Å²) in [5, 5.41) is 0.473. The average Bonchev–Trinajstić information content (AvgIpc) is 2.22. The van der Waals surface area contributed by atoms with Crippen molar-refractivity contribution in [3.63, 3.8) is 0 Å². The molecule has 1 aromatic carbocycles. The zero-order chi connectivity index (χ0) is 11.9. The summed E-state index contributed by atoms with van der Waals surface area (Å²) in [5.41, 5.74) is -1.37. The van der Waals surface area contributed by atoms with E-state index in [-0.39, 0.29) is 5.39 Å². The molecular weight excluding hydrogens is 287 g/mol. The molecule has 0 aliphatic rings. The highest BCUT2D eigenvalue weighted by Gasteiger charge is 2.30. The Morgan fingerprint density at radius 1 is 1.19 bits per heavy atom. The van der Waals surface area contributed by atoms with E-state index < -0.39 is 17.3 Å². The molecule has 2 aromatic rings. The molecule has 0 aliphatic carbocycles. The van der Waals surface area contributed by atoms with Crippen molar-refractivity contribution >= 4 is 26.7 Å². The van der Waals surface area contributed by atoms with Gasteiger partial charge in [0.2, 0.25) is 0 Å². The van der Waals surface area contributed by atoms with Crippen LogP contribution < -0.4 is 5.56 Å². The summed E-state index contributed by atoms with van der Waals surface area (Å²) in [6.45, 7) is 0. The molecule has 0 saturated carbocycles. The van der Waals surface area contributed by atoms with Crippen molar-refractivity contribution < 1.29 is 13.2 Å². The molecule has 0 amide bonds. The number of fused-ring (bicyclic) bond motifs is 1. The number of hydrogen-bond donors (Lipinski definition) is 1. The van der Waals surface area contributed by atoms with Gasteiger partial charge < -0.3 is 4.98 Å². The first-order valence-corrected chi connectivity index (χ1v) is 5.07. The number of benzene rings is 1. The Kier molecular flexibility index (Phi) is 2.53. The summed E-state index contributed by atoms with van der Waals surface area (Å²) in [6, 6.07) is 3.07. The minimum absolute atomic E-state index is 0.0178. The molecule has 0 aliphatic heterocycles. The molecule has 16 heavy (non-hydrogen) atoms. The number of aromatic amines is 1. The predicted molar refractivity (Wildman–Crippen MR) is 57.3 cm³/mol. The van der Waals surface area contributed by atoms with E-state index in [2.05, 4.69) is 20.9 Å². The molecule has 0 saturated heterocycles. The Hall–Kier alpha value is -1.30. The van der Waals surface area contributed by atoms with Crippen LogP contribution in [0, 0.1) is 0 Å². The SMILES string of the molecule is O=c1[nH]cc(Br)c2ccc(C(F)(F)F)cc12. The highest BCUT2D eigenvalue weighted by molar-refractivity contribution is 9.10. The van der Waals surface area contributed by atoms with Crippen LogP contribution in [-0.4, -0.2) is 4.98 Å². The van der Waals surface area contributed by atoms with Gasteiger partial charge in [-0.15, -0.1) is 0 Å². The van der Waals surface area contributed by atoms with E-state index in [1.807, 2.05) is 0 Å². The Balaban J connectivity index is 2.81. The first-order chi connectivity index (χ1) is 7.39. The standard InChI is InChI=1S/C10H5BrF3NO/c11-8-4-15-9(16)7-3-5(10(12,13)14)1-2-6(7)8/h1-4H,(H,15,16). The van der Waals surface area contributed by atoms with E-state index in [4.69, 9.17) is 0 Å². The smallest absolute Gasteiger partial charge is 0.327 e. The van der Waals surface area contributed by atoms with Gasteiger partial charge in [-0.1, -0.05) is 6.07 Å². The molecule has 6 heteroatoms. The van der Waals surface area contributed by atoms with Crippen molar-refractivity contribution in [2.24, 2.45) is 0 Å². The van der Waals surface area contributed by atoms with Crippen molar-refractivity contribution in [1.82, 2.24) is 4.98 Å². The van der Waals surface area contributed by atoms with E-state index in [0.717, 1.165) is 12.1 Å². The molecular formula is C10H5BrF3NO. The Morgan fingerprint density at radius 3 is 2.50 bits per heavy atom. The Bertz CT molecular complexity index is 603. The van der Waals surface area contributed by atoms with Crippen LogP contribution in [0.1, 0.15) is 5.56 Å². The van der Waals surface area contributed by atoms with E-state index in [9.17, 15) is 18.0 Å². The summed E-state index contributed by atoms with van der Waals surface area (Å²) in [4.78, 5) is 13.7. The highest BCUT2D eigenvalue weighted by atomic mass is 79.9. The van der Waals surface area contributed by atoms with Crippen LogP contribution in [-0.2, 0) is 6.18 Å². The number of alkyl halides is 3. The van der Waals surface area contributed by atoms with E-state index in [1.165, 1.54) is 12.3 Å². The molecule has 84 valence electrons. The van der Waals surface area contributed by atoms with Gasteiger partial charge in [0.15, 0.2) is 0 Å². The van der Waals surface area contributed by atoms with Crippen molar-refractivity contribution in [3.05, 3.63) is 44.8 Å². The fourth-order valence-corrected chi connectivity index (χ4v) is 1.86. The van der Waals surface area contributed by atoms with Gasteiger partial charge in [-0.05, 0) is 28.1 Å². The maximum atomic E-state index is 12.4. The monoisotopic (exact) mass is 291 g/mol. The zero-order valence-electron chi connectivity index (χ0n) is 7.73. The lowest BCUT2D eigenvalue weighted by atomic mass is 10.1. The van der Waals surface area contributed by atoms with Crippen molar-refractivity contribution in [2.45, 2.75) is 6.18 Å². The Labute approximate surface area is 96.2 Å². The van der Waals surface area contributed by atoms with Gasteiger partial charge in [0.25, 0.3) is 5.56 Å². The first kappa shape index (κ1) is 11.2. The van der Waals surface area contributed by atoms with Gasteiger partial charge in [0.05, 0.1) is 5.56 Å². The summed E-state index contributed by atoms with van der Waals surface area (Å²) >= 11 is 3.15. The summed E-state index contributed by atoms with van der Waals surface area (Å²) in [6.07, 6.45) is -3.04. The Morgan fingerprint density at radius 2 is 1.88 bits per heavy atom. The van der Waals surface area contributed by atoms with Crippen LogP contribution in [0.3, 0.4) is 0 Å². The number of halogens is 4. The quantitative estimate of drug-likeness (QED) is 0.794. The number of H-pyrrole nitrogens is 1. The van der Waals surface area contributed by atoms with Gasteiger partial charge in [-0.25, -0.2) is 0 Å². The topological polar surface area (TPSA) is 32.9 Å². The highest BCUT2D eigenvalue weighted by Crippen LogP contribution is 2.31. The largest absolute Gasteiger partial charge is 0.416 e. The van der Waals surface area contributed by atoms with Crippen molar-refractivity contribution in [2.75, 3.05) is 0 Å². The second kappa shape index (κ2) is 3.62. The molecule has 2 rings (SSSR count). The summed E-state index contributed by atoms with van der Waals surface area (Å²) < 4.78 is 37.8. The molecule has 0 unspecified atom stereocenters. The maximum Gasteiger partial charge on any atom is 0.416 e. The van der Waals surface area contributed by atoms with E-state index in [1.54, 1.807) is 0 Å². The van der Waals surface area contributed by atoms with Gasteiger partial charge in [-0.3, -0.25) is 4.79 Å². The molecule has 0 spiro atoms. The molecule has 1 N–H and O–H groups in total. The number of pyridine rings is 1. The number of rotatable bonds is 0. The normalized spacial score (nSPS) is 12.0. The van der Waals surface area contributed by atoms with Gasteiger partial charge >= 0.3 is 6.18 Å². The number of aromatic nitrogens is 1. The third-order valence-electron chi connectivity index (χ3n) is 2.18. The van der Waals surface area contributed by atoms with E-state index in [0.29, 0.717) is 9.86 Å². The molecule has 2 nitrogen and oxygen atoms in total. The van der Waals surface area contributed by atoms with Crippen molar-refractivity contribution in [1.29, 1.82) is 0 Å². The third kappa shape index (κ3) is 1.84. The molecule has 0 bridgehead atoms. The lowest BCUT2D eigenvalue weighted by molar-refractivity contribution is -0.137. The van der Waals surface area contributed by atoms with Crippen molar-refractivity contribution in [3.8, 4) is 0 Å². The summed E-state index contributed by atoms with van der Waals surface area (Å²) in [5.74, 6) is 0. The van der Waals surface area contributed by atoms with E-state index >= 15 is 0 Å². The van der Waals surface area contributed by atoms with Gasteiger partial charge in [0.1, 0.15) is 0 Å². The molecule has 1 heterocycles. The van der Waals surface area contributed by atoms with Gasteiger partial charge in [0, 0.05) is 21.4 Å². The van der Waals surface area contributed by atoms with Crippen LogP contribution in [0.5, 0.6) is 0 Å². The van der Waals surface area contributed by atoms with Crippen LogP contribution in [0.2, 0.25) is 0 Å². The lowest BCUT2D eigenvalue weighted by Gasteiger charge is -2.07. The lowest BCUT2D eigenvalue weighted by Crippen LogP contribution is -2.09. The average molecular weight is 292 g/mol. The second-order valence-corrected chi connectivity index (χ2v) is 4.08. The second-order valence-electron chi connectivity index (χ2n) is 3.22. The zero-order valence-corrected chi connectivity index (χ0v) is 9.32.